The van der Waals surface area contributed by atoms with E-state index in [2.05, 4.69) is 17.1 Å². The molecule has 4 heteroatoms. The van der Waals surface area contributed by atoms with Crippen LogP contribution in [-0.2, 0) is 11.2 Å². The molecule has 1 atom stereocenters. The summed E-state index contributed by atoms with van der Waals surface area (Å²) in [7, 11) is 1.67. The quantitative estimate of drug-likeness (QED) is 0.863. The van der Waals surface area contributed by atoms with Gasteiger partial charge in [-0.25, -0.2) is 0 Å². The van der Waals surface area contributed by atoms with Crippen LogP contribution in [-0.4, -0.2) is 36.0 Å². The zero-order valence-electron chi connectivity index (χ0n) is 14.4. The van der Waals surface area contributed by atoms with Crippen LogP contribution in [0.3, 0.4) is 0 Å². The molecule has 1 aromatic heterocycles. The second kappa shape index (κ2) is 7.47. The molecule has 0 unspecified atom stereocenters. The van der Waals surface area contributed by atoms with E-state index in [1.54, 1.807) is 14.0 Å². The second-order valence-electron chi connectivity index (χ2n) is 6.46. The molecule has 1 aromatic carbocycles. The minimum absolute atomic E-state index is 0.188. The number of likely N-dealkylation sites (tertiary alicyclic amines) is 1. The van der Waals surface area contributed by atoms with E-state index >= 15 is 0 Å². The lowest BCUT2D eigenvalue weighted by Crippen LogP contribution is -2.39. The average molecular weight is 324 g/mol. The highest BCUT2D eigenvalue weighted by molar-refractivity contribution is 5.73. The van der Waals surface area contributed by atoms with Gasteiger partial charge < -0.3 is 9.64 Å². The van der Waals surface area contributed by atoms with Crippen LogP contribution in [0.15, 0.2) is 42.6 Å². The van der Waals surface area contributed by atoms with Crippen molar-refractivity contribution in [3.8, 4) is 17.0 Å². The maximum Gasteiger partial charge on any atom is 0.219 e. The fraction of sp³-hybridized carbons (Fsp3) is 0.400. The summed E-state index contributed by atoms with van der Waals surface area (Å²) in [5.41, 5.74) is 3.29. The van der Waals surface area contributed by atoms with E-state index in [4.69, 9.17) is 4.74 Å². The molecule has 2 aromatic rings. The lowest BCUT2D eigenvalue weighted by molar-refractivity contribution is -0.130. The first kappa shape index (κ1) is 16.5. The van der Waals surface area contributed by atoms with Crippen molar-refractivity contribution in [1.29, 1.82) is 0 Å². The summed E-state index contributed by atoms with van der Waals surface area (Å²) >= 11 is 0. The maximum absolute atomic E-state index is 11.5. The Morgan fingerprint density at radius 3 is 2.67 bits per heavy atom. The zero-order chi connectivity index (χ0) is 16.9. The van der Waals surface area contributed by atoms with Crippen molar-refractivity contribution in [3.05, 3.63) is 48.2 Å². The average Bonchev–Trinajstić information content (AvgIpc) is 2.63. The molecule has 0 radical (unpaired) electrons. The topological polar surface area (TPSA) is 42.4 Å². The lowest BCUT2D eigenvalue weighted by atomic mass is 9.91. The molecule has 0 saturated carbocycles. The van der Waals surface area contributed by atoms with Gasteiger partial charge in [0.15, 0.2) is 0 Å². The summed E-state index contributed by atoms with van der Waals surface area (Å²) < 4.78 is 5.19. The number of hydrogen-bond acceptors (Lipinski definition) is 3. The molecular weight excluding hydrogens is 300 g/mol. The van der Waals surface area contributed by atoms with Gasteiger partial charge in [-0.15, -0.1) is 0 Å². The van der Waals surface area contributed by atoms with Crippen molar-refractivity contribution in [2.75, 3.05) is 20.2 Å². The number of nitrogens with zero attached hydrogens (tertiary/aromatic N) is 2. The fourth-order valence-electron chi connectivity index (χ4n) is 3.33. The van der Waals surface area contributed by atoms with Crippen LogP contribution in [0.2, 0.25) is 0 Å². The van der Waals surface area contributed by atoms with E-state index in [9.17, 15) is 4.79 Å². The minimum atomic E-state index is 0.188. The SMILES string of the molecule is COc1ccc(-c2ccc(C[C@H]3CCCN(C(C)=O)C3)cn2)cc1. The molecule has 0 bridgehead atoms. The third kappa shape index (κ3) is 3.94. The maximum atomic E-state index is 11.5. The molecule has 1 amide bonds. The van der Waals surface area contributed by atoms with Crippen molar-refractivity contribution in [3.63, 3.8) is 0 Å². The highest BCUT2D eigenvalue weighted by Gasteiger charge is 2.21. The van der Waals surface area contributed by atoms with Crippen molar-refractivity contribution in [2.24, 2.45) is 5.92 Å². The largest absolute Gasteiger partial charge is 0.497 e. The highest BCUT2D eigenvalue weighted by Crippen LogP contribution is 2.23. The Morgan fingerprint density at radius 1 is 1.25 bits per heavy atom. The number of carbonyl (C=O) groups excluding carboxylic acids is 1. The third-order valence-electron chi connectivity index (χ3n) is 4.70. The molecule has 1 saturated heterocycles. The molecule has 0 N–H and O–H groups in total. The summed E-state index contributed by atoms with van der Waals surface area (Å²) in [5, 5.41) is 0. The number of rotatable bonds is 4. The van der Waals surface area contributed by atoms with E-state index in [-0.39, 0.29) is 5.91 Å². The summed E-state index contributed by atoms with van der Waals surface area (Å²) in [6.45, 7) is 3.43. The van der Waals surface area contributed by atoms with Crippen LogP contribution in [0.5, 0.6) is 5.75 Å². The third-order valence-corrected chi connectivity index (χ3v) is 4.70. The van der Waals surface area contributed by atoms with Gasteiger partial charge in [0.05, 0.1) is 12.8 Å². The zero-order valence-corrected chi connectivity index (χ0v) is 14.4. The number of hydrogen-bond donors (Lipinski definition) is 0. The number of amides is 1. The molecule has 3 rings (SSSR count). The Morgan fingerprint density at radius 2 is 2.04 bits per heavy atom. The number of carbonyl (C=O) groups is 1. The summed E-state index contributed by atoms with van der Waals surface area (Å²) in [4.78, 5) is 18.1. The van der Waals surface area contributed by atoms with Gasteiger partial charge in [0.2, 0.25) is 5.91 Å². The predicted octanol–water partition coefficient (Wildman–Crippen LogP) is 3.56. The molecular formula is C20H24N2O2. The molecule has 2 heterocycles. The van der Waals surface area contributed by atoms with E-state index in [1.807, 2.05) is 35.4 Å². The highest BCUT2D eigenvalue weighted by atomic mass is 16.5. The van der Waals surface area contributed by atoms with Crippen molar-refractivity contribution < 1.29 is 9.53 Å². The van der Waals surface area contributed by atoms with Gasteiger partial charge in [-0.05, 0) is 61.1 Å². The Kier molecular flexibility index (Phi) is 5.14. The Balaban J connectivity index is 1.64. The van der Waals surface area contributed by atoms with Gasteiger partial charge in [-0.2, -0.15) is 0 Å². The van der Waals surface area contributed by atoms with Gasteiger partial charge in [0.25, 0.3) is 0 Å². The predicted molar refractivity (Wildman–Crippen MR) is 94.9 cm³/mol. The smallest absolute Gasteiger partial charge is 0.219 e. The first-order valence-electron chi connectivity index (χ1n) is 8.50. The van der Waals surface area contributed by atoms with E-state index in [1.165, 1.54) is 12.0 Å². The summed E-state index contributed by atoms with van der Waals surface area (Å²) in [6, 6.07) is 12.2. The molecule has 0 aliphatic carbocycles. The first-order valence-corrected chi connectivity index (χ1v) is 8.50. The van der Waals surface area contributed by atoms with Crippen LogP contribution < -0.4 is 4.74 Å². The van der Waals surface area contributed by atoms with E-state index < -0.39 is 0 Å². The van der Waals surface area contributed by atoms with Gasteiger partial charge in [0.1, 0.15) is 5.75 Å². The second-order valence-corrected chi connectivity index (χ2v) is 6.46. The van der Waals surface area contributed by atoms with Crippen molar-refractivity contribution >= 4 is 5.91 Å². The fourth-order valence-corrected chi connectivity index (χ4v) is 3.33. The van der Waals surface area contributed by atoms with Gasteiger partial charge >= 0.3 is 0 Å². The molecule has 1 aliphatic heterocycles. The number of piperidine rings is 1. The van der Waals surface area contributed by atoms with Gasteiger partial charge in [-0.1, -0.05) is 6.07 Å². The van der Waals surface area contributed by atoms with Crippen LogP contribution in [0.4, 0.5) is 0 Å². The summed E-state index contributed by atoms with van der Waals surface area (Å²) in [5.74, 6) is 1.58. The molecule has 1 aliphatic rings. The molecule has 1 fully saturated rings. The lowest BCUT2D eigenvalue weighted by Gasteiger charge is -2.32. The summed E-state index contributed by atoms with van der Waals surface area (Å²) in [6.07, 6.45) is 5.23. The monoisotopic (exact) mass is 324 g/mol. The Bertz CT molecular complexity index is 680. The molecule has 24 heavy (non-hydrogen) atoms. The Labute approximate surface area is 143 Å². The minimum Gasteiger partial charge on any atom is -0.497 e. The van der Waals surface area contributed by atoms with Crippen molar-refractivity contribution in [1.82, 2.24) is 9.88 Å². The Hall–Kier alpha value is -2.36. The number of aromatic nitrogens is 1. The number of pyridine rings is 1. The van der Waals surface area contributed by atoms with Gasteiger partial charge in [-0.3, -0.25) is 9.78 Å². The first-order chi connectivity index (χ1) is 11.7. The van der Waals surface area contributed by atoms with Crippen LogP contribution >= 0.6 is 0 Å². The van der Waals surface area contributed by atoms with E-state index in [0.717, 1.165) is 42.9 Å². The van der Waals surface area contributed by atoms with Crippen LogP contribution in [0, 0.1) is 5.92 Å². The normalized spacial score (nSPS) is 17.6. The van der Waals surface area contributed by atoms with Crippen LogP contribution in [0.25, 0.3) is 11.3 Å². The molecule has 126 valence electrons. The number of benzene rings is 1. The van der Waals surface area contributed by atoms with Crippen LogP contribution in [0.1, 0.15) is 25.3 Å². The molecule has 4 nitrogen and oxygen atoms in total. The number of methoxy groups -OCH3 is 1. The van der Waals surface area contributed by atoms with Gasteiger partial charge in [0, 0.05) is 31.8 Å². The molecule has 0 spiro atoms. The van der Waals surface area contributed by atoms with Crippen molar-refractivity contribution in [2.45, 2.75) is 26.2 Å². The van der Waals surface area contributed by atoms with E-state index in [0.29, 0.717) is 5.92 Å². The number of ether oxygens (including phenoxy) is 1. The standard InChI is InChI=1S/C20H24N2O2/c1-15(23)22-11-3-4-17(14-22)12-16-5-10-20(21-13-16)18-6-8-19(24-2)9-7-18/h5-10,13,17H,3-4,11-12,14H2,1-2H3/t17-/m1/s1.